The van der Waals surface area contributed by atoms with Crippen LogP contribution in [0.2, 0.25) is 5.02 Å². The summed E-state index contributed by atoms with van der Waals surface area (Å²) in [6, 6.07) is 22.4. The molecule has 2 aliphatic rings. The third-order valence-electron chi connectivity index (χ3n) is 6.38. The molecule has 0 spiro atoms. The van der Waals surface area contributed by atoms with Crippen molar-refractivity contribution < 1.29 is 14.9 Å². The van der Waals surface area contributed by atoms with Gasteiger partial charge in [-0.15, -0.1) is 0 Å². The highest BCUT2D eigenvalue weighted by Crippen LogP contribution is 2.44. The Kier molecular flexibility index (Phi) is 5.13. The number of aliphatic hydroxyl groups excluding tert-OH is 2. The summed E-state index contributed by atoms with van der Waals surface area (Å²) < 4.78 is 5.86. The van der Waals surface area contributed by atoms with E-state index in [-0.39, 0.29) is 12.5 Å². The third kappa shape index (κ3) is 3.35. The monoisotopic (exact) mass is 421 g/mol. The molecule has 154 valence electrons. The van der Waals surface area contributed by atoms with Crippen LogP contribution in [0.25, 0.3) is 11.1 Å². The summed E-state index contributed by atoms with van der Waals surface area (Å²) >= 11 is 6.33. The number of halogens is 1. The lowest BCUT2D eigenvalue weighted by Gasteiger charge is -2.31. The molecule has 0 saturated heterocycles. The highest BCUT2D eigenvalue weighted by molar-refractivity contribution is 6.31. The first-order valence-corrected chi connectivity index (χ1v) is 10.6. The molecule has 0 radical (unpaired) electrons. The molecule has 2 unspecified atom stereocenters. The maximum atomic E-state index is 10.6. The molecule has 3 aromatic rings. The minimum Gasteiger partial charge on any atom is -0.394 e. The Morgan fingerprint density at radius 3 is 2.27 bits per heavy atom. The van der Waals surface area contributed by atoms with Gasteiger partial charge in [-0.25, -0.2) is 0 Å². The second-order valence-electron chi connectivity index (χ2n) is 8.23. The van der Waals surface area contributed by atoms with Gasteiger partial charge in [0.05, 0.1) is 18.8 Å². The van der Waals surface area contributed by atoms with Crippen LogP contribution in [0.15, 0.2) is 66.7 Å². The van der Waals surface area contributed by atoms with Crippen LogP contribution in [0.1, 0.15) is 28.2 Å². The van der Waals surface area contributed by atoms with Crippen molar-refractivity contribution in [2.45, 2.75) is 30.7 Å². The maximum absolute atomic E-state index is 10.6. The zero-order valence-electron chi connectivity index (χ0n) is 16.5. The van der Waals surface area contributed by atoms with Crippen LogP contribution < -0.4 is 5.32 Å². The quantitative estimate of drug-likeness (QED) is 0.529. The smallest absolute Gasteiger partial charge is 0.214 e. The largest absolute Gasteiger partial charge is 0.394 e. The molecule has 0 amide bonds. The Morgan fingerprint density at radius 1 is 0.967 bits per heavy atom. The number of benzene rings is 3. The van der Waals surface area contributed by atoms with E-state index in [1.807, 2.05) is 42.5 Å². The van der Waals surface area contributed by atoms with E-state index in [9.17, 15) is 10.2 Å². The average molecular weight is 422 g/mol. The van der Waals surface area contributed by atoms with Gasteiger partial charge < -0.3 is 14.9 Å². The molecule has 2 aliphatic carbocycles. The first kappa shape index (κ1) is 19.7. The number of fused-ring (bicyclic) bond motifs is 4. The molecule has 0 heterocycles. The second-order valence-corrected chi connectivity index (χ2v) is 8.63. The molecule has 2 atom stereocenters. The summed E-state index contributed by atoms with van der Waals surface area (Å²) in [7, 11) is 0. The van der Waals surface area contributed by atoms with Crippen molar-refractivity contribution >= 4 is 11.6 Å². The van der Waals surface area contributed by atoms with Gasteiger partial charge in [0, 0.05) is 10.9 Å². The van der Waals surface area contributed by atoms with Gasteiger partial charge in [-0.05, 0) is 52.3 Å². The standard InChI is InChI=1S/C25H24ClNO3/c26-23-11-5-6-16-12-25(15-28,13-21(16)23)27-24(29)30-14-22-19-9-3-1-7-17(19)18-8-2-4-10-20(18)22/h1-11,22,24,27-29H,12-15H2. The van der Waals surface area contributed by atoms with E-state index in [0.717, 1.165) is 11.1 Å². The molecule has 4 nitrogen and oxygen atoms in total. The molecular weight excluding hydrogens is 398 g/mol. The predicted octanol–water partition coefficient (Wildman–Crippen LogP) is 3.86. The molecule has 3 aromatic carbocycles. The third-order valence-corrected chi connectivity index (χ3v) is 6.73. The minimum atomic E-state index is -1.19. The molecule has 30 heavy (non-hydrogen) atoms. The molecule has 0 aliphatic heterocycles. The minimum absolute atomic E-state index is 0.0640. The van der Waals surface area contributed by atoms with Crippen LogP contribution >= 0.6 is 11.6 Å². The molecule has 0 saturated carbocycles. The lowest BCUT2D eigenvalue weighted by molar-refractivity contribution is -0.140. The Hall–Kier alpha value is -2.21. The fourth-order valence-corrected chi connectivity index (χ4v) is 5.18. The molecule has 0 bridgehead atoms. The van der Waals surface area contributed by atoms with Gasteiger partial charge in [-0.2, -0.15) is 0 Å². The Bertz CT molecular complexity index is 1040. The van der Waals surface area contributed by atoms with Gasteiger partial charge in [-0.1, -0.05) is 72.3 Å². The number of hydrogen-bond donors (Lipinski definition) is 3. The lowest BCUT2D eigenvalue weighted by atomic mass is 9.97. The van der Waals surface area contributed by atoms with Gasteiger partial charge in [0.25, 0.3) is 0 Å². The Labute approximate surface area is 181 Å². The number of ether oxygens (including phenoxy) is 1. The Balaban J connectivity index is 1.30. The van der Waals surface area contributed by atoms with Crippen LogP contribution in [0, 0.1) is 0 Å². The second kappa shape index (κ2) is 7.80. The SMILES string of the molecule is OCC1(NC(O)OCC2c3ccccc3-c3ccccc32)Cc2cccc(Cl)c2C1. The topological polar surface area (TPSA) is 61.7 Å². The van der Waals surface area contributed by atoms with Crippen molar-refractivity contribution in [1.29, 1.82) is 0 Å². The van der Waals surface area contributed by atoms with Crippen LogP contribution in [0.3, 0.4) is 0 Å². The first-order valence-electron chi connectivity index (χ1n) is 10.2. The number of rotatable bonds is 6. The van der Waals surface area contributed by atoms with E-state index in [0.29, 0.717) is 24.5 Å². The molecule has 5 heteroatoms. The number of hydrogen-bond acceptors (Lipinski definition) is 4. The van der Waals surface area contributed by atoms with Gasteiger partial charge >= 0.3 is 0 Å². The lowest BCUT2D eigenvalue weighted by Crippen LogP contribution is -2.55. The average Bonchev–Trinajstić information content (AvgIpc) is 3.29. The molecule has 3 N–H and O–H groups in total. The molecular formula is C25H24ClNO3. The molecule has 0 fully saturated rings. The summed E-state index contributed by atoms with van der Waals surface area (Å²) in [6.45, 7) is 0.227. The zero-order chi connectivity index (χ0) is 20.7. The van der Waals surface area contributed by atoms with Crippen LogP contribution in [0.4, 0.5) is 0 Å². The van der Waals surface area contributed by atoms with Crippen molar-refractivity contribution in [1.82, 2.24) is 5.32 Å². The zero-order valence-corrected chi connectivity index (χ0v) is 17.3. The summed E-state index contributed by atoms with van der Waals surface area (Å²) in [5, 5.41) is 24.5. The Morgan fingerprint density at radius 2 is 1.63 bits per heavy atom. The van der Waals surface area contributed by atoms with Gasteiger partial charge in [0.1, 0.15) is 0 Å². The fourth-order valence-electron chi connectivity index (χ4n) is 4.92. The van der Waals surface area contributed by atoms with E-state index < -0.39 is 12.0 Å². The van der Waals surface area contributed by atoms with Gasteiger partial charge in [0.15, 0.2) is 0 Å². The predicted molar refractivity (Wildman–Crippen MR) is 117 cm³/mol. The van der Waals surface area contributed by atoms with Crippen LogP contribution in [-0.2, 0) is 17.6 Å². The normalized spacial score (nSPS) is 20.6. The van der Waals surface area contributed by atoms with Gasteiger partial charge in [-0.3, -0.25) is 5.32 Å². The van der Waals surface area contributed by atoms with E-state index in [4.69, 9.17) is 16.3 Å². The van der Waals surface area contributed by atoms with Crippen molar-refractivity contribution in [3.05, 3.63) is 94.0 Å². The van der Waals surface area contributed by atoms with E-state index in [1.54, 1.807) is 0 Å². The summed E-state index contributed by atoms with van der Waals surface area (Å²) in [5.41, 5.74) is 6.29. The first-order chi connectivity index (χ1) is 14.6. The summed E-state index contributed by atoms with van der Waals surface area (Å²) in [4.78, 5) is 0. The molecule has 5 rings (SSSR count). The number of nitrogens with one attached hydrogen (secondary N) is 1. The van der Waals surface area contributed by atoms with Crippen LogP contribution in [-0.4, -0.2) is 35.4 Å². The highest BCUT2D eigenvalue weighted by atomic mass is 35.5. The highest BCUT2D eigenvalue weighted by Gasteiger charge is 2.39. The number of aliphatic hydroxyl groups is 2. The van der Waals surface area contributed by atoms with Crippen molar-refractivity contribution in [3.63, 3.8) is 0 Å². The van der Waals surface area contributed by atoms with E-state index in [1.165, 1.54) is 22.3 Å². The van der Waals surface area contributed by atoms with Crippen molar-refractivity contribution in [2.24, 2.45) is 0 Å². The molecule has 0 aromatic heterocycles. The summed E-state index contributed by atoms with van der Waals surface area (Å²) in [5.74, 6) is 0.0640. The summed E-state index contributed by atoms with van der Waals surface area (Å²) in [6.07, 6.45) is -0.0479. The van der Waals surface area contributed by atoms with Crippen molar-refractivity contribution in [2.75, 3.05) is 13.2 Å². The fraction of sp³-hybridized carbons (Fsp3) is 0.280. The van der Waals surface area contributed by atoms with Crippen LogP contribution in [0.5, 0.6) is 0 Å². The maximum Gasteiger partial charge on any atom is 0.214 e. The van der Waals surface area contributed by atoms with E-state index in [2.05, 4.69) is 29.6 Å². The van der Waals surface area contributed by atoms with Crippen molar-refractivity contribution in [3.8, 4) is 11.1 Å². The van der Waals surface area contributed by atoms with E-state index >= 15 is 0 Å². The van der Waals surface area contributed by atoms with Gasteiger partial charge in [0.2, 0.25) is 6.41 Å².